The first-order chi connectivity index (χ1) is 9.29. The molecule has 0 aliphatic heterocycles. The van der Waals surface area contributed by atoms with Gasteiger partial charge in [-0.3, -0.25) is 15.1 Å². The maximum absolute atomic E-state index is 10.7. The summed E-state index contributed by atoms with van der Waals surface area (Å²) in [6, 6.07) is 8.65. The molecule has 2 rings (SSSR count). The molecule has 0 spiro atoms. The zero-order chi connectivity index (χ0) is 14.9. The second kappa shape index (κ2) is 5.04. The lowest BCUT2D eigenvalue weighted by atomic mass is 9.89. The molecule has 0 aliphatic rings. The number of nitrogens with zero attached hydrogens (tertiary/aromatic N) is 2. The number of hydrogen-bond acceptors (Lipinski definition) is 3. The van der Waals surface area contributed by atoms with Crippen LogP contribution in [0, 0.1) is 17.0 Å². The van der Waals surface area contributed by atoms with Gasteiger partial charge in [0, 0.05) is 35.0 Å². The Balaban J connectivity index is 2.41. The van der Waals surface area contributed by atoms with Gasteiger partial charge in [-0.05, 0) is 36.2 Å². The predicted octanol–water partition coefficient (Wildman–Crippen LogP) is 4.26. The molecule has 0 atom stereocenters. The number of hydrogen-bond donors (Lipinski definition) is 0. The summed E-state index contributed by atoms with van der Waals surface area (Å²) in [5.41, 5.74) is 4.23. The molecule has 0 saturated carbocycles. The van der Waals surface area contributed by atoms with E-state index >= 15 is 0 Å². The van der Waals surface area contributed by atoms with Gasteiger partial charge in [0.15, 0.2) is 0 Å². The van der Waals surface area contributed by atoms with E-state index in [1.165, 1.54) is 12.1 Å². The molecular weight excluding hydrogens is 252 g/mol. The Hall–Kier alpha value is -2.23. The van der Waals surface area contributed by atoms with Crippen molar-refractivity contribution < 1.29 is 4.92 Å². The molecule has 0 fully saturated rings. The quantitative estimate of drug-likeness (QED) is 0.605. The summed E-state index contributed by atoms with van der Waals surface area (Å²) >= 11 is 0. The van der Waals surface area contributed by atoms with Crippen LogP contribution < -0.4 is 0 Å². The molecule has 1 aromatic carbocycles. The molecule has 2 aromatic rings. The van der Waals surface area contributed by atoms with Crippen molar-refractivity contribution in [1.29, 1.82) is 0 Å². The second-order valence-electron chi connectivity index (χ2n) is 5.94. The van der Waals surface area contributed by atoms with Gasteiger partial charge in [0.1, 0.15) is 0 Å². The number of aromatic nitrogens is 1. The van der Waals surface area contributed by atoms with Gasteiger partial charge in [0.05, 0.1) is 4.92 Å². The van der Waals surface area contributed by atoms with E-state index in [0.717, 1.165) is 22.4 Å². The fourth-order valence-electron chi connectivity index (χ4n) is 2.03. The minimum Gasteiger partial charge on any atom is -0.260 e. The van der Waals surface area contributed by atoms with Crippen molar-refractivity contribution in [3.8, 4) is 11.1 Å². The Morgan fingerprint density at radius 1 is 1.15 bits per heavy atom. The highest BCUT2D eigenvalue weighted by molar-refractivity contribution is 5.67. The van der Waals surface area contributed by atoms with Crippen LogP contribution in [0.4, 0.5) is 5.69 Å². The molecule has 4 heteroatoms. The number of nitro benzene ring substituents is 1. The molecule has 0 radical (unpaired) electrons. The lowest BCUT2D eigenvalue weighted by Crippen LogP contribution is -2.13. The molecule has 1 aromatic heterocycles. The van der Waals surface area contributed by atoms with E-state index in [4.69, 9.17) is 0 Å². The minimum absolute atomic E-state index is 0.0127. The van der Waals surface area contributed by atoms with Crippen molar-refractivity contribution in [3.63, 3.8) is 0 Å². The van der Waals surface area contributed by atoms with Gasteiger partial charge in [0.25, 0.3) is 5.69 Å². The van der Waals surface area contributed by atoms with E-state index in [-0.39, 0.29) is 11.1 Å². The van der Waals surface area contributed by atoms with Crippen molar-refractivity contribution in [2.24, 2.45) is 0 Å². The zero-order valence-electron chi connectivity index (χ0n) is 12.2. The third-order valence-electron chi connectivity index (χ3n) is 3.27. The number of nitro groups is 1. The van der Waals surface area contributed by atoms with Gasteiger partial charge in [0.2, 0.25) is 0 Å². The number of pyridine rings is 1. The smallest absolute Gasteiger partial charge is 0.260 e. The van der Waals surface area contributed by atoms with Crippen molar-refractivity contribution in [3.05, 3.63) is 57.9 Å². The van der Waals surface area contributed by atoms with Gasteiger partial charge in [-0.25, -0.2) is 0 Å². The molecule has 104 valence electrons. The Labute approximate surface area is 118 Å². The van der Waals surface area contributed by atoms with Gasteiger partial charge in [-0.2, -0.15) is 0 Å². The Morgan fingerprint density at radius 3 is 2.20 bits per heavy atom. The van der Waals surface area contributed by atoms with Crippen LogP contribution in [0.15, 0.2) is 36.5 Å². The third-order valence-corrected chi connectivity index (χ3v) is 3.27. The van der Waals surface area contributed by atoms with E-state index in [1.807, 2.05) is 13.1 Å². The SMILES string of the molecule is Cc1cc(C(C)(C)C)ncc1-c1ccc([N+](=O)[O-])cc1. The largest absolute Gasteiger partial charge is 0.269 e. The number of benzene rings is 1. The molecule has 0 aliphatic carbocycles. The lowest BCUT2D eigenvalue weighted by molar-refractivity contribution is -0.384. The van der Waals surface area contributed by atoms with Crippen LogP contribution in [0.3, 0.4) is 0 Å². The molecule has 0 saturated heterocycles. The average Bonchev–Trinajstić information content (AvgIpc) is 2.37. The molecule has 0 bridgehead atoms. The molecule has 0 unspecified atom stereocenters. The maximum Gasteiger partial charge on any atom is 0.269 e. The van der Waals surface area contributed by atoms with Crippen LogP contribution >= 0.6 is 0 Å². The van der Waals surface area contributed by atoms with Gasteiger partial charge >= 0.3 is 0 Å². The van der Waals surface area contributed by atoms with Crippen LogP contribution in [0.25, 0.3) is 11.1 Å². The van der Waals surface area contributed by atoms with Gasteiger partial charge in [-0.15, -0.1) is 0 Å². The highest BCUT2D eigenvalue weighted by Gasteiger charge is 2.16. The molecule has 0 amide bonds. The van der Waals surface area contributed by atoms with Gasteiger partial charge in [-0.1, -0.05) is 20.8 Å². The summed E-state index contributed by atoms with van der Waals surface area (Å²) < 4.78 is 0. The van der Waals surface area contributed by atoms with E-state index < -0.39 is 4.92 Å². The van der Waals surface area contributed by atoms with Gasteiger partial charge < -0.3 is 0 Å². The lowest BCUT2D eigenvalue weighted by Gasteiger charge is -2.19. The maximum atomic E-state index is 10.7. The van der Waals surface area contributed by atoms with E-state index in [0.29, 0.717) is 0 Å². The Bertz CT molecular complexity index is 641. The second-order valence-corrected chi connectivity index (χ2v) is 5.94. The Kier molecular flexibility index (Phi) is 3.57. The van der Waals surface area contributed by atoms with Crippen LogP contribution in [0.5, 0.6) is 0 Å². The molecule has 20 heavy (non-hydrogen) atoms. The van der Waals surface area contributed by atoms with Crippen molar-refractivity contribution in [2.45, 2.75) is 33.1 Å². The molecular formula is C16H18N2O2. The summed E-state index contributed by atoms with van der Waals surface area (Å²) in [6.07, 6.45) is 1.84. The molecule has 4 nitrogen and oxygen atoms in total. The standard InChI is InChI=1S/C16H18N2O2/c1-11-9-15(16(2,3)4)17-10-14(11)12-5-7-13(8-6-12)18(19)20/h5-10H,1-4H3. The first-order valence-corrected chi connectivity index (χ1v) is 6.51. The van der Waals surface area contributed by atoms with Crippen molar-refractivity contribution >= 4 is 5.69 Å². The highest BCUT2D eigenvalue weighted by Crippen LogP contribution is 2.28. The molecule has 0 N–H and O–H groups in total. The first kappa shape index (κ1) is 14.2. The normalized spacial score (nSPS) is 11.4. The van der Waals surface area contributed by atoms with E-state index in [1.54, 1.807) is 12.1 Å². The van der Waals surface area contributed by atoms with Crippen molar-refractivity contribution in [1.82, 2.24) is 4.98 Å². The number of non-ortho nitro benzene ring substituents is 1. The summed E-state index contributed by atoms with van der Waals surface area (Å²) in [5.74, 6) is 0. The minimum atomic E-state index is -0.391. The first-order valence-electron chi connectivity index (χ1n) is 6.51. The zero-order valence-corrected chi connectivity index (χ0v) is 12.2. The topological polar surface area (TPSA) is 56.0 Å². The predicted molar refractivity (Wildman–Crippen MR) is 79.8 cm³/mol. The summed E-state index contributed by atoms with van der Waals surface area (Å²) in [6.45, 7) is 8.41. The van der Waals surface area contributed by atoms with Crippen LogP contribution in [0.2, 0.25) is 0 Å². The average molecular weight is 270 g/mol. The van der Waals surface area contributed by atoms with Crippen molar-refractivity contribution in [2.75, 3.05) is 0 Å². The number of aryl methyl sites for hydroxylation is 1. The molecule has 1 heterocycles. The monoisotopic (exact) mass is 270 g/mol. The van der Waals surface area contributed by atoms with Crippen LogP contribution in [-0.4, -0.2) is 9.91 Å². The van der Waals surface area contributed by atoms with Crippen LogP contribution in [-0.2, 0) is 5.41 Å². The number of rotatable bonds is 2. The summed E-state index contributed by atoms with van der Waals surface area (Å²) in [7, 11) is 0. The van der Waals surface area contributed by atoms with E-state index in [9.17, 15) is 10.1 Å². The Morgan fingerprint density at radius 2 is 1.75 bits per heavy atom. The third kappa shape index (κ3) is 2.85. The highest BCUT2D eigenvalue weighted by atomic mass is 16.6. The fraction of sp³-hybridized carbons (Fsp3) is 0.312. The van der Waals surface area contributed by atoms with Crippen LogP contribution in [0.1, 0.15) is 32.0 Å². The summed E-state index contributed by atoms with van der Waals surface area (Å²) in [4.78, 5) is 14.8. The fourth-order valence-corrected chi connectivity index (χ4v) is 2.03. The van der Waals surface area contributed by atoms with E-state index in [2.05, 4.69) is 31.8 Å². The summed E-state index contributed by atoms with van der Waals surface area (Å²) in [5, 5.41) is 10.7.